The standard InChI is InChI=1S/C17H24N6O3S.ClH/c1-4-19-14-6-5-11(27(25,26)23(2)3)9-15(14)20-17(24)16-12-10-18-8-7-13(12)21-22-16;/h5-6,9,18-19H,4,7-8,10H2,1-3H3,(H,20,24)(H,21,22);1H. The molecule has 154 valence electrons. The van der Waals surface area contributed by atoms with E-state index in [4.69, 9.17) is 0 Å². The molecule has 9 nitrogen and oxygen atoms in total. The maximum atomic E-state index is 12.8. The predicted molar refractivity (Wildman–Crippen MR) is 111 cm³/mol. The maximum absolute atomic E-state index is 12.8. The molecule has 0 unspecified atom stereocenters. The molecule has 1 aliphatic rings. The minimum absolute atomic E-state index is 0. The van der Waals surface area contributed by atoms with E-state index in [-0.39, 0.29) is 23.2 Å². The minimum atomic E-state index is -3.61. The number of rotatable bonds is 6. The van der Waals surface area contributed by atoms with Crippen molar-refractivity contribution >= 4 is 39.7 Å². The number of aromatic nitrogens is 2. The molecule has 1 aliphatic heterocycles. The lowest BCUT2D eigenvalue weighted by Crippen LogP contribution is -2.25. The van der Waals surface area contributed by atoms with Gasteiger partial charge < -0.3 is 16.0 Å². The Morgan fingerprint density at radius 3 is 2.71 bits per heavy atom. The highest BCUT2D eigenvalue weighted by molar-refractivity contribution is 7.89. The normalized spacial score (nSPS) is 13.6. The van der Waals surface area contributed by atoms with Crippen LogP contribution in [0.5, 0.6) is 0 Å². The molecule has 11 heteroatoms. The Balaban J connectivity index is 0.00000280. The number of fused-ring (bicyclic) bond motifs is 1. The summed E-state index contributed by atoms with van der Waals surface area (Å²) in [5.41, 5.74) is 3.16. The minimum Gasteiger partial charge on any atom is -0.384 e. The van der Waals surface area contributed by atoms with Crippen LogP contribution in [0.1, 0.15) is 28.7 Å². The molecule has 0 atom stereocenters. The lowest BCUT2D eigenvalue weighted by atomic mass is 10.1. The summed E-state index contributed by atoms with van der Waals surface area (Å²) in [6.07, 6.45) is 0.787. The Kier molecular flexibility index (Phi) is 7.05. The zero-order valence-electron chi connectivity index (χ0n) is 16.0. The van der Waals surface area contributed by atoms with Gasteiger partial charge in [-0.25, -0.2) is 12.7 Å². The second kappa shape index (κ2) is 8.91. The van der Waals surface area contributed by atoms with Crippen LogP contribution in [0.25, 0.3) is 0 Å². The van der Waals surface area contributed by atoms with Crippen molar-refractivity contribution < 1.29 is 13.2 Å². The average molecular weight is 429 g/mol. The van der Waals surface area contributed by atoms with Crippen molar-refractivity contribution in [3.63, 3.8) is 0 Å². The first-order chi connectivity index (χ1) is 12.8. The third-order valence-electron chi connectivity index (χ3n) is 4.41. The van der Waals surface area contributed by atoms with Crippen molar-refractivity contribution in [3.8, 4) is 0 Å². The summed E-state index contributed by atoms with van der Waals surface area (Å²) in [4.78, 5) is 12.9. The number of hydrogen-bond donors (Lipinski definition) is 4. The topological polar surface area (TPSA) is 119 Å². The fraction of sp³-hybridized carbons (Fsp3) is 0.412. The first-order valence-electron chi connectivity index (χ1n) is 8.73. The van der Waals surface area contributed by atoms with E-state index < -0.39 is 10.0 Å². The third-order valence-corrected chi connectivity index (χ3v) is 6.22. The van der Waals surface area contributed by atoms with Gasteiger partial charge in [0.15, 0.2) is 5.69 Å². The average Bonchev–Trinajstić information content (AvgIpc) is 3.07. The summed E-state index contributed by atoms with van der Waals surface area (Å²) in [6, 6.07) is 4.63. The molecule has 0 saturated carbocycles. The number of amides is 1. The van der Waals surface area contributed by atoms with E-state index in [9.17, 15) is 13.2 Å². The molecular weight excluding hydrogens is 404 g/mol. The van der Waals surface area contributed by atoms with Gasteiger partial charge in [0, 0.05) is 51.4 Å². The van der Waals surface area contributed by atoms with E-state index in [1.54, 1.807) is 6.07 Å². The molecule has 0 spiro atoms. The number of nitrogens with zero attached hydrogens (tertiary/aromatic N) is 2. The van der Waals surface area contributed by atoms with Crippen LogP contribution in [0.3, 0.4) is 0 Å². The molecule has 1 aromatic carbocycles. The molecule has 2 heterocycles. The summed E-state index contributed by atoms with van der Waals surface area (Å²) >= 11 is 0. The number of H-pyrrole nitrogens is 1. The number of aromatic amines is 1. The van der Waals surface area contributed by atoms with Crippen LogP contribution in [0.4, 0.5) is 11.4 Å². The second-order valence-electron chi connectivity index (χ2n) is 6.44. The lowest BCUT2D eigenvalue weighted by Gasteiger charge is -2.17. The number of benzene rings is 1. The van der Waals surface area contributed by atoms with Gasteiger partial charge in [-0.05, 0) is 25.1 Å². The Labute approximate surface area is 170 Å². The van der Waals surface area contributed by atoms with Crippen LogP contribution in [0.2, 0.25) is 0 Å². The number of nitrogens with one attached hydrogen (secondary N) is 4. The van der Waals surface area contributed by atoms with Gasteiger partial charge in [-0.15, -0.1) is 12.4 Å². The molecule has 4 N–H and O–H groups in total. The zero-order valence-corrected chi connectivity index (χ0v) is 17.6. The van der Waals surface area contributed by atoms with Crippen LogP contribution in [0.15, 0.2) is 23.1 Å². The Morgan fingerprint density at radius 1 is 1.29 bits per heavy atom. The van der Waals surface area contributed by atoms with Crippen molar-refractivity contribution in [2.75, 3.05) is 37.8 Å². The molecule has 0 saturated heterocycles. The third kappa shape index (κ3) is 4.30. The fourth-order valence-electron chi connectivity index (χ4n) is 2.94. The highest BCUT2D eigenvalue weighted by Gasteiger charge is 2.24. The van der Waals surface area contributed by atoms with Gasteiger partial charge >= 0.3 is 0 Å². The van der Waals surface area contributed by atoms with Crippen LogP contribution in [-0.4, -0.2) is 56.0 Å². The molecule has 0 aliphatic carbocycles. The molecule has 2 aromatic rings. The van der Waals surface area contributed by atoms with Gasteiger partial charge in [0.2, 0.25) is 10.0 Å². The van der Waals surface area contributed by atoms with Crippen LogP contribution < -0.4 is 16.0 Å². The van der Waals surface area contributed by atoms with E-state index in [0.717, 1.165) is 28.5 Å². The highest BCUT2D eigenvalue weighted by atomic mass is 35.5. The SMILES string of the molecule is CCNc1ccc(S(=O)(=O)N(C)C)cc1NC(=O)c1n[nH]c2c1CNCC2.Cl. The molecule has 0 radical (unpaired) electrons. The van der Waals surface area contributed by atoms with E-state index in [1.807, 2.05) is 6.92 Å². The molecule has 28 heavy (non-hydrogen) atoms. The van der Waals surface area contributed by atoms with Gasteiger partial charge in [-0.1, -0.05) is 0 Å². The van der Waals surface area contributed by atoms with Crippen molar-refractivity contribution in [1.82, 2.24) is 19.8 Å². The summed E-state index contributed by atoms with van der Waals surface area (Å²) in [5, 5.41) is 16.2. The number of hydrogen-bond acceptors (Lipinski definition) is 6. The number of halogens is 1. The zero-order chi connectivity index (χ0) is 19.6. The fourth-order valence-corrected chi connectivity index (χ4v) is 3.87. The van der Waals surface area contributed by atoms with Gasteiger partial charge in [0.25, 0.3) is 5.91 Å². The largest absolute Gasteiger partial charge is 0.384 e. The van der Waals surface area contributed by atoms with E-state index in [0.29, 0.717) is 30.2 Å². The molecule has 1 aromatic heterocycles. The van der Waals surface area contributed by atoms with E-state index in [1.165, 1.54) is 26.2 Å². The van der Waals surface area contributed by atoms with Crippen molar-refractivity contribution in [2.45, 2.75) is 24.8 Å². The smallest absolute Gasteiger partial charge is 0.276 e. The molecular formula is C17H25ClN6O3S. The van der Waals surface area contributed by atoms with Crippen LogP contribution in [0, 0.1) is 0 Å². The number of carbonyl (C=O) groups excluding carboxylic acids is 1. The Hall–Kier alpha value is -2.14. The van der Waals surface area contributed by atoms with Gasteiger partial charge in [-0.3, -0.25) is 9.89 Å². The molecule has 1 amide bonds. The van der Waals surface area contributed by atoms with Crippen molar-refractivity contribution in [3.05, 3.63) is 35.2 Å². The Morgan fingerprint density at radius 2 is 2.04 bits per heavy atom. The summed E-state index contributed by atoms with van der Waals surface area (Å²) < 4.78 is 26.0. The van der Waals surface area contributed by atoms with Crippen molar-refractivity contribution in [1.29, 1.82) is 0 Å². The number of carbonyl (C=O) groups is 1. The van der Waals surface area contributed by atoms with Crippen LogP contribution >= 0.6 is 12.4 Å². The van der Waals surface area contributed by atoms with E-state index in [2.05, 4.69) is 26.1 Å². The monoisotopic (exact) mass is 428 g/mol. The predicted octanol–water partition coefficient (Wildman–Crippen LogP) is 1.41. The maximum Gasteiger partial charge on any atom is 0.276 e. The molecule has 0 fully saturated rings. The summed E-state index contributed by atoms with van der Waals surface area (Å²) in [7, 11) is -0.678. The van der Waals surface area contributed by atoms with Gasteiger partial charge in [0.1, 0.15) is 0 Å². The number of anilines is 2. The van der Waals surface area contributed by atoms with Gasteiger partial charge in [-0.2, -0.15) is 5.10 Å². The first-order valence-corrected chi connectivity index (χ1v) is 10.2. The van der Waals surface area contributed by atoms with E-state index >= 15 is 0 Å². The number of sulfonamides is 1. The quantitative estimate of drug-likeness (QED) is 0.552. The second-order valence-corrected chi connectivity index (χ2v) is 8.59. The lowest BCUT2D eigenvalue weighted by molar-refractivity contribution is 0.102. The molecule has 3 rings (SSSR count). The summed E-state index contributed by atoms with van der Waals surface area (Å²) in [6.45, 7) is 3.96. The van der Waals surface area contributed by atoms with Crippen molar-refractivity contribution in [2.24, 2.45) is 0 Å². The van der Waals surface area contributed by atoms with Crippen LogP contribution in [-0.2, 0) is 23.0 Å². The summed E-state index contributed by atoms with van der Waals surface area (Å²) in [5.74, 6) is -0.380. The first kappa shape index (κ1) is 22.2. The Bertz CT molecular complexity index is 958. The highest BCUT2D eigenvalue weighted by Crippen LogP contribution is 2.27. The van der Waals surface area contributed by atoms with Gasteiger partial charge in [0.05, 0.1) is 16.3 Å². The molecule has 0 bridgehead atoms.